The van der Waals surface area contributed by atoms with Gasteiger partial charge >= 0.3 is 5.97 Å². The van der Waals surface area contributed by atoms with E-state index in [1.807, 2.05) is 26.0 Å². The van der Waals surface area contributed by atoms with Crippen molar-refractivity contribution >= 4 is 33.2 Å². The molecule has 0 saturated carbocycles. The molecule has 0 N–H and O–H groups in total. The van der Waals surface area contributed by atoms with Gasteiger partial charge in [0.2, 0.25) is 0 Å². The number of thiophene rings is 1. The Hall–Kier alpha value is -2.00. The van der Waals surface area contributed by atoms with Gasteiger partial charge in [-0.1, -0.05) is 19.0 Å². The summed E-state index contributed by atoms with van der Waals surface area (Å²) in [5, 5.41) is 11.7. The molecule has 0 radical (unpaired) electrons. The number of aryl methyl sites for hydroxylation is 1. The van der Waals surface area contributed by atoms with Crippen LogP contribution in [-0.4, -0.2) is 21.3 Å². The van der Waals surface area contributed by atoms with Gasteiger partial charge in [-0.15, -0.1) is 21.5 Å². The second-order valence-electron chi connectivity index (χ2n) is 5.34. The molecule has 0 unspecified atom stereocenters. The molecule has 24 heavy (non-hydrogen) atoms. The van der Waals surface area contributed by atoms with Gasteiger partial charge in [0.1, 0.15) is 5.56 Å². The van der Waals surface area contributed by atoms with Gasteiger partial charge in [0.05, 0.1) is 14.4 Å². The number of hydrogen-bond donors (Lipinski definition) is 0. The summed E-state index contributed by atoms with van der Waals surface area (Å²) in [7, 11) is 0. The molecule has 9 heteroatoms. The molecule has 0 fully saturated rings. The highest BCUT2D eigenvalue weighted by molar-refractivity contribution is 9.11. The van der Waals surface area contributed by atoms with Gasteiger partial charge in [-0.05, 0) is 35.0 Å². The summed E-state index contributed by atoms with van der Waals surface area (Å²) in [4.78, 5) is 13.1. The maximum Gasteiger partial charge on any atom is 0.344 e. The third kappa shape index (κ3) is 3.41. The van der Waals surface area contributed by atoms with Crippen molar-refractivity contribution in [2.24, 2.45) is 0 Å². The first-order valence-corrected chi connectivity index (χ1v) is 8.78. The van der Waals surface area contributed by atoms with Crippen LogP contribution in [-0.2, 0) is 11.3 Å². The molecule has 0 saturated heterocycles. The van der Waals surface area contributed by atoms with E-state index in [-0.39, 0.29) is 18.4 Å². The van der Waals surface area contributed by atoms with Crippen LogP contribution in [0.3, 0.4) is 0 Å². The van der Waals surface area contributed by atoms with Gasteiger partial charge in [0, 0.05) is 5.92 Å². The molecular formula is C15H14BrN3O4S. The maximum atomic E-state index is 12.3. The summed E-state index contributed by atoms with van der Waals surface area (Å²) in [6.07, 6.45) is 0. The molecular weight excluding hydrogens is 398 g/mol. The van der Waals surface area contributed by atoms with Crippen LogP contribution in [0.2, 0.25) is 0 Å². The Morgan fingerprint density at radius 3 is 2.83 bits per heavy atom. The number of esters is 1. The number of rotatable bonds is 5. The minimum atomic E-state index is -0.518. The predicted molar refractivity (Wildman–Crippen MR) is 89.8 cm³/mol. The van der Waals surface area contributed by atoms with Crippen molar-refractivity contribution in [3.8, 4) is 10.8 Å². The molecule has 0 spiro atoms. The van der Waals surface area contributed by atoms with Crippen LogP contribution >= 0.6 is 27.3 Å². The normalized spacial score (nSPS) is 11.2. The van der Waals surface area contributed by atoms with Crippen molar-refractivity contribution in [3.63, 3.8) is 0 Å². The van der Waals surface area contributed by atoms with E-state index in [0.717, 1.165) is 8.66 Å². The molecule has 0 amide bonds. The number of carbonyl (C=O) groups is 1. The quantitative estimate of drug-likeness (QED) is 0.576. The Kier molecular flexibility index (Phi) is 4.81. The number of hydrogen-bond acceptors (Lipinski definition) is 8. The van der Waals surface area contributed by atoms with Crippen LogP contribution in [0.25, 0.3) is 10.8 Å². The minimum Gasteiger partial charge on any atom is -0.452 e. The van der Waals surface area contributed by atoms with Gasteiger partial charge in [-0.2, -0.15) is 0 Å². The standard InChI is InChI=1S/C15H14BrN3O4S/c1-7(2)13-12(8(3)19-23-13)15(20)21-6-11-17-18-14(22-11)9-4-5-10(16)24-9/h4-5,7H,6H2,1-3H3. The Balaban J connectivity index is 1.69. The zero-order valence-corrected chi connectivity index (χ0v) is 15.6. The molecule has 3 rings (SSSR count). The van der Waals surface area contributed by atoms with E-state index in [9.17, 15) is 4.79 Å². The van der Waals surface area contributed by atoms with Crippen LogP contribution in [0.1, 0.15) is 47.5 Å². The topological polar surface area (TPSA) is 91.2 Å². The van der Waals surface area contributed by atoms with Crippen LogP contribution in [0.5, 0.6) is 0 Å². The highest BCUT2D eigenvalue weighted by atomic mass is 79.9. The summed E-state index contributed by atoms with van der Waals surface area (Å²) in [5.74, 6) is 0.633. The smallest absolute Gasteiger partial charge is 0.344 e. The zero-order chi connectivity index (χ0) is 17.3. The summed E-state index contributed by atoms with van der Waals surface area (Å²) >= 11 is 4.85. The number of aromatic nitrogens is 3. The number of ether oxygens (including phenoxy) is 1. The minimum absolute atomic E-state index is 0.0287. The lowest BCUT2D eigenvalue weighted by Crippen LogP contribution is -2.09. The molecule has 0 aliphatic heterocycles. The number of carbonyl (C=O) groups excluding carboxylic acids is 1. The van der Waals surface area contributed by atoms with Gasteiger partial charge in [-0.25, -0.2) is 4.79 Å². The molecule has 0 aliphatic carbocycles. The molecule has 0 aromatic carbocycles. The fourth-order valence-electron chi connectivity index (χ4n) is 2.07. The van der Waals surface area contributed by atoms with Crippen LogP contribution in [0.15, 0.2) is 24.9 Å². The predicted octanol–water partition coefficient (Wildman–Crippen LogP) is 4.34. The Morgan fingerprint density at radius 1 is 1.38 bits per heavy atom. The Bertz CT molecular complexity index is 868. The first-order valence-electron chi connectivity index (χ1n) is 7.17. The Morgan fingerprint density at radius 2 is 2.17 bits per heavy atom. The van der Waals surface area contributed by atoms with Gasteiger partial charge < -0.3 is 13.7 Å². The van der Waals surface area contributed by atoms with Crippen molar-refractivity contribution < 1.29 is 18.5 Å². The average molecular weight is 412 g/mol. The summed E-state index contributed by atoms with van der Waals surface area (Å²) in [6, 6.07) is 3.76. The van der Waals surface area contributed by atoms with Crippen LogP contribution < -0.4 is 0 Å². The molecule has 0 bridgehead atoms. The molecule has 3 aromatic rings. The third-order valence-electron chi connectivity index (χ3n) is 3.20. The second kappa shape index (κ2) is 6.86. The molecule has 7 nitrogen and oxygen atoms in total. The van der Waals surface area contributed by atoms with E-state index >= 15 is 0 Å². The van der Waals surface area contributed by atoms with E-state index in [2.05, 4.69) is 31.3 Å². The third-order valence-corrected chi connectivity index (χ3v) is 4.81. The lowest BCUT2D eigenvalue weighted by molar-refractivity contribution is 0.0434. The Labute approximate surface area is 150 Å². The van der Waals surface area contributed by atoms with E-state index in [4.69, 9.17) is 13.7 Å². The fourth-order valence-corrected chi connectivity index (χ4v) is 3.38. The first kappa shape index (κ1) is 16.8. The van der Waals surface area contributed by atoms with Crippen molar-refractivity contribution in [1.29, 1.82) is 0 Å². The van der Waals surface area contributed by atoms with Crippen molar-refractivity contribution in [1.82, 2.24) is 15.4 Å². The average Bonchev–Trinajstić information content (AvgIpc) is 3.24. The van der Waals surface area contributed by atoms with E-state index in [1.54, 1.807) is 6.92 Å². The van der Waals surface area contributed by atoms with Crippen molar-refractivity contribution in [3.05, 3.63) is 38.8 Å². The molecule has 3 heterocycles. The molecule has 126 valence electrons. The maximum absolute atomic E-state index is 12.3. The number of halogens is 1. The lowest BCUT2D eigenvalue weighted by Gasteiger charge is -2.04. The molecule has 0 aliphatic rings. The lowest BCUT2D eigenvalue weighted by atomic mass is 10.1. The largest absolute Gasteiger partial charge is 0.452 e. The van der Waals surface area contributed by atoms with Crippen LogP contribution in [0, 0.1) is 6.92 Å². The van der Waals surface area contributed by atoms with Crippen molar-refractivity contribution in [2.75, 3.05) is 0 Å². The van der Waals surface area contributed by atoms with Gasteiger partial charge in [-0.3, -0.25) is 0 Å². The zero-order valence-electron chi connectivity index (χ0n) is 13.2. The van der Waals surface area contributed by atoms with E-state index < -0.39 is 5.97 Å². The highest BCUT2D eigenvalue weighted by Crippen LogP contribution is 2.30. The molecule has 0 atom stereocenters. The van der Waals surface area contributed by atoms with Crippen LogP contribution in [0.4, 0.5) is 0 Å². The second-order valence-corrected chi connectivity index (χ2v) is 7.81. The first-order chi connectivity index (χ1) is 11.5. The monoisotopic (exact) mass is 411 g/mol. The SMILES string of the molecule is Cc1noc(C(C)C)c1C(=O)OCc1nnc(-c2ccc(Br)s2)o1. The van der Waals surface area contributed by atoms with E-state index in [1.165, 1.54) is 11.3 Å². The summed E-state index contributed by atoms with van der Waals surface area (Å²) < 4.78 is 16.9. The number of nitrogens with zero attached hydrogens (tertiary/aromatic N) is 3. The van der Waals surface area contributed by atoms with Gasteiger partial charge in [0.25, 0.3) is 11.8 Å². The fraction of sp³-hybridized carbons (Fsp3) is 0.333. The summed E-state index contributed by atoms with van der Waals surface area (Å²) in [5.41, 5.74) is 0.852. The van der Waals surface area contributed by atoms with E-state index in [0.29, 0.717) is 22.9 Å². The van der Waals surface area contributed by atoms with Crippen molar-refractivity contribution in [2.45, 2.75) is 33.3 Å². The van der Waals surface area contributed by atoms with Gasteiger partial charge in [0.15, 0.2) is 12.4 Å². The molecule has 3 aromatic heterocycles. The summed E-state index contributed by atoms with van der Waals surface area (Å²) in [6.45, 7) is 5.42. The highest BCUT2D eigenvalue weighted by Gasteiger charge is 2.24.